The third kappa shape index (κ3) is 19.3. The van der Waals surface area contributed by atoms with Gasteiger partial charge in [-0.3, -0.25) is 0 Å². The van der Waals surface area contributed by atoms with Gasteiger partial charge in [0.05, 0.1) is 19.3 Å². The van der Waals surface area contributed by atoms with E-state index in [4.69, 9.17) is 0 Å². The van der Waals surface area contributed by atoms with Gasteiger partial charge in [-0.2, -0.15) is 0 Å². The van der Waals surface area contributed by atoms with Gasteiger partial charge < -0.3 is 0 Å². The van der Waals surface area contributed by atoms with Crippen molar-refractivity contribution >= 4 is 17.7 Å². The fraction of sp³-hybridized carbons (Fsp3) is 0.900. The summed E-state index contributed by atoms with van der Waals surface area (Å²) in [5.41, 5.74) is 0. The number of unbranched alkanes of at least 4 members (excludes halogenated alkanes) is 18. The molecule has 0 spiro atoms. The van der Waals surface area contributed by atoms with Gasteiger partial charge in [0.25, 0.3) is 0 Å². The van der Waals surface area contributed by atoms with Gasteiger partial charge in [-0.25, -0.2) is 14.4 Å². The minimum atomic E-state index is -0.186. The second-order valence-corrected chi connectivity index (χ2v) is 10.3. The summed E-state index contributed by atoms with van der Waals surface area (Å²) in [7, 11) is 0. The Morgan fingerprint density at radius 1 is 0.353 bits per heavy atom. The van der Waals surface area contributed by atoms with E-state index in [2.05, 4.69) is 20.8 Å². The number of imide groups is 3. The molecule has 0 saturated carbocycles. The molecule has 200 valence electrons. The van der Waals surface area contributed by atoms with Gasteiger partial charge in [0.15, 0.2) is 0 Å². The van der Waals surface area contributed by atoms with Gasteiger partial charge in [0.1, 0.15) is 0 Å². The van der Waals surface area contributed by atoms with Crippen LogP contribution < -0.4 is 4.90 Å². The maximum Gasteiger partial charge on any atom is 0.326 e. The molecule has 3 amide bonds. The first-order valence-corrected chi connectivity index (χ1v) is 15.0. The number of amides is 3. The SMILES string of the molecule is CCCCCCCCCC(=O)[NH+](C(=O)CCCCCCCCC)C(=O)CCCCCCCCC. The summed E-state index contributed by atoms with van der Waals surface area (Å²) in [6.45, 7) is 6.63. The summed E-state index contributed by atoms with van der Waals surface area (Å²) < 4.78 is 0. The summed E-state index contributed by atoms with van der Waals surface area (Å²) >= 11 is 0. The van der Waals surface area contributed by atoms with Crippen molar-refractivity contribution in [1.29, 1.82) is 0 Å². The molecule has 4 heteroatoms. The Morgan fingerprint density at radius 3 is 0.794 bits per heavy atom. The lowest BCUT2D eigenvalue weighted by Crippen LogP contribution is -3.19. The number of carbonyl (C=O) groups excluding carboxylic acids is 3. The average molecular weight is 481 g/mol. The van der Waals surface area contributed by atoms with Crippen molar-refractivity contribution in [2.45, 2.75) is 175 Å². The second kappa shape index (κ2) is 25.1. The molecule has 1 N–H and O–H groups in total. The fourth-order valence-corrected chi connectivity index (χ4v) is 4.57. The summed E-state index contributed by atoms with van der Waals surface area (Å²) in [6, 6.07) is 0. The summed E-state index contributed by atoms with van der Waals surface area (Å²) in [5, 5.41) is 0. The van der Waals surface area contributed by atoms with Crippen molar-refractivity contribution in [1.82, 2.24) is 0 Å². The van der Waals surface area contributed by atoms with Crippen LogP contribution in [0, 0.1) is 0 Å². The largest absolute Gasteiger partial charge is 0.326 e. The van der Waals surface area contributed by atoms with Crippen molar-refractivity contribution in [2.24, 2.45) is 0 Å². The highest BCUT2D eigenvalue weighted by Gasteiger charge is 2.33. The molecule has 0 aliphatic heterocycles. The van der Waals surface area contributed by atoms with Gasteiger partial charge in [0.2, 0.25) is 0 Å². The highest BCUT2D eigenvalue weighted by atomic mass is 16.2. The quantitative estimate of drug-likeness (QED) is 0.143. The van der Waals surface area contributed by atoms with E-state index in [1.807, 2.05) is 0 Å². The number of nitrogens with one attached hydrogen (secondary N) is 1. The van der Waals surface area contributed by atoms with Gasteiger partial charge >= 0.3 is 17.7 Å². The summed E-state index contributed by atoms with van der Waals surface area (Å²) in [4.78, 5) is 38.7. The molecule has 0 aromatic heterocycles. The standard InChI is InChI=1S/C30H57NO3/c1-4-7-10-13-16-19-22-25-28(32)31(29(33)26-23-20-17-14-11-8-5-2)30(34)27-24-21-18-15-12-9-6-3/h4-27H2,1-3H3/p+1. The van der Waals surface area contributed by atoms with Gasteiger partial charge in [-0.05, 0) is 19.3 Å². The van der Waals surface area contributed by atoms with Crippen molar-refractivity contribution in [3.63, 3.8) is 0 Å². The maximum atomic E-state index is 12.9. The molecular weight excluding hydrogens is 422 g/mol. The second-order valence-electron chi connectivity index (χ2n) is 10.3. The van der Waals surface area contributed by atoms with Crippen LogP contribution in [0.1, 0.15) is 175 Å². The lowest BCUT2D eigenvalue weighted by atomic mass is 10.1. The smallest absolute Gasteiger partial charge is 0.230 e. The normalized spacial score (nSPS) is 11.3. The maximum absolute atomic E-state index is 12.9. The molecule has 0 heterocycles. The Morgan fingerprint density at radius 2 is 0.559 bits per heavy atom. The first-order valence-electron chi connectivity index (χ1n) is 15.0. The molecule has 0 aromatic rings. The summed E-state index contributed by atoms with van der Waals surface area (Å²) in [6.07, 6.45) is 24.9. The van der Waals surface area contributed by atoms with Crippen LogP contribution in [0.4, 0.5) is 0 Å². The van der Waals surface area contributed by atoms with Crippen molar-refractivity contribution in [3.8, 4) is 0 Å². The molecule has 0 aliphatic carbocycles. The predicted octanol–water partition coefficient (Wildman–Crippen LogP) is 7.87. The van der Waals surface area contributed by atoms with Crippen LogP contribution >= 0.6 is 0 Å². The first kappa shape index (κ1) is 33.0. The minimum absolute atomic E-state index is 0.0305. The van der Waals surface area contributed by atoms with Crippen LogP contribution in [-0.4, -0.2) is 17.7 Å². The Labute approximate surface area is 212 Å². The van der Waals surface area contributed by atoms with Crippen LogP contribution in [0.25, 0.3) is 0 Å². The molecule has 0 saturated heterocycles. The third-order valence-corrected chi connectivity index (χ3v) is 6.86. The van der Waals surface area contributed by atoms with Crippen molar-refractivity contribution in [2.75, 3.05) is 0 Å². The number of carbonyl (C=O) groups is 3. The Kier molecular flexibility index (Phi) is 24.3. The molecule has 4 nitrogen and oxygen atoms in total. The average Bonchev–Trinajstić information content (AvgIpc) is 2.82. The highest BCUT2D eigenvalue weighted by Crippen LogP contribution is 2.10. The van der Waals surface area contributed by atoms with Gasteiger partial charge in [-0.15, -0.1) is 4.90 Å². The highest BCUT2D eigenvalue weighted by molar-refractivity contribution is 5.93. The number of hydrogen-bond donors (Lipinski definition) is 1. The molecule has 0 atom stereocenters. The van der Waals surface area contributed by atoms with Gasteiger partial charge in [-0.1, -0.05) is 136 Å². The Hall–Kier alpha value is -1.03. The molecule has 0 aliphatic rings. The molecule has 0 aromatic carbocycles. The van der Waals surface area contributed by atoms with E-state index in [0.29, 0.717) is 19.3 Å². The molecule has 34 heavy (non-hydrogen) atoms. The molecule has 0 radical (unpaired) electrons. The van der Waals surface area contributed by atoms with Crippen LogP contribution in [0.3, 0.4) is 0 Å². The lowest BCUT2D eigenvalue weighted by molar-refractivity contribution is -0.658. The van der Waals surface area contributed by atoms with E-state index < -0.39 is 0 Å². The van der Waals surface area contributed by atoms with Crippen molar-refractivity contribution in [3.05, 3.63) is 0 Å². The number of rotatable bonds is 24. The van der Waals surface area contributed by atoms with Gasteiger partial charge in [0, 0.05) is 0 Å². The Balaban J connectivity index is 4.49. The topological polar surface area (TPSA) is 55.6 Å². The molecular formula is C30H58NO3+. The lowest BCUT2D eigenvalue weighted by Gasteiger charge is -2.13. The van der Waals surface area contributed by atoms with E-state index in [-0.39, 0.29) is 22.6 Å². The number of quaternary nitrogens is 1. The van der Waals surface area contributed by atoms with E-state index in [0.717, 1.165) is 57.8 Å². The van der Waals surface area contributed by atoms with Crippen molar-refractivity contribution < 1.29 is 19.3 Å². The van der Waals surface area contributed by atoms with Crippen LogP contribution in [0.5, 0.6) is 0 Å². The van der Waals surface area contributed by atoms with Crippen LogP contribution in [0.15, 0.2) is 0 Å². The fourth-order valence-electron chi connectivity index (χ4n) is 4.57. The van der Waals surface area contributed by atoms with E-state index in [1.54, 1.807) is 0 Å². The summed E-state index contributed by atoms with van der Waals surface area (Å²) in [5.74, 6) is -0.557. The molecule has 0 unspecified atom stereocenters. The minimum Gasteiger partial charge on any atom is -0.230 e. The molecule has 0 bridgehead atoms. The number of hydrogen-bond acceptors (Lipinski definition) is 3. The monoisotopic (exact) mass is 480 g/mol. The Bertz CT molecular complexity index is 432. The van der Waals surface area contributed by atoms with Crippen LogP contribution in [-0.2, 0) is 14.4 Å². The van der Waals surface area contributed by atoms with E-state index in [9.17, 15) is 14.4 Å². The molecule has 0 rings (SSSR count). The third-order valence-electron chi connectivity index (χ3n) is 6.86. The first-order chi connectivity index (χ1) is 16.6. The van der Waals surface area contributed by atoms with E-state index >= 15 is 0 Å². The van der Waals surface area contributed by atoms with E-state index in [1.165, 1.54) is 77.0 Å². The van der Waals surface area contributed by atoms with Crippen LogP contribution in [0.2, 0.25) is 0 Å². The predicted molar refractivity (Wildman–Crippen MR) is 144 cm³/mol. The zero-order valence-corrected chi connectivity index (χ0v) is 23.2. The zero-order chi connectivity index (χ0) is 25.3. The molecule has 0 fully saturated rings. The zero-order valence-electron chi connectivity index (χ0n) is 23.2.